The van der Waals surface area contributed by atoms with Gasteiger partial charge in [-0.05, 0) is 51.5 Å². The molecule has 0 amide bonds. The van der Waals surface area contributed by atoms with Crippen molar-refractivity contribution < 1.29 is 17.9 Å². The van der Waals surface area contributed by atoms with Crippen LogP contribution in [0.3, 0.4) is 0 Å². The van der Waals surface area contributed by atoms with Gasteiger partial charge in [0.05, 0.1) is 23.6 Å². The summed E-state index contributed by atoms with van der Waals surface area (Å²) in [7, 11) is -2.53. The number of benzene rings is 1. The van der Waals surface area contributed by atoms with Gasteiger partial charge in [0.25, 0.3) is 0 Å². The Labute approximate surface area is 154 Å². The molecule has 1 heterocycles. The summed E-state index contributed by atoms with van der Waals surface area (Å²) in [5, 5.41) is 1.91. The number of nitrogens with one attached hydrogen (secondary N) is 1. The third kappa shape index (κ3) is 4.24. The summed E-state index contributed by atoms with van der Waals surface area (Å²) in [4.78, 5) is 12.7. The Hall–Kier alpha value is -1.22. The number of rotatable bonds is 6. The van der Waals surface area contributed by atoms with Crippen molar-refractivity contribution in [1.29, 1.82) is 0 Å². The SMILES string of the molecule is COC(=O)c1cc(S(=O)(=O)NC(c2cccs2)C(C)C)ccc1Br. The molecule has 2 aromatic rings. The maximum Gasteiger partial charge on any atom is 0.339 e. The summed E-state index contributed by atoms with van der Waals surface area (Å²) >= 11 is 4.73. The fraction of sp³-hybridized carbons (Fsp3) is 0.312. The Balaban J connectivity index is 2.38. The van der Waals surface area contributed by atoms with Crippen LogP contribution in [0, 0.1) is 5.92 Å². The van der Waals surface area contributed by atoms with Crippen molar-refractivity contribution in [2.24, 2.45) is 5.92 Å². The van der Waals surface area contributed by atoms with Crippen LogP contribution in [0.1, 0.15) is 35.1 Å². The molecule has 0 aliphatic carbocycles. The summed E-state index contributed by atoms with van der Waals surface area (Å²) in [5.74, 6) is -0.522. The van der Waals surface area contributed by atoms with Crippen LogP contribution in [0.5, 0.6) is 0 Å². The molecule has 2 rings (SSSR count). The molecule has 0 aliphatic rings. The number of carbonyl (C=O) groups is 1. The van der Waals surface area contributed by atoms with Crippen LogP contribution in [0.2, 0.25) is 0 Å². The fourth-order valence-corrected chi connectivity index (χ4v) is 4.99. The summed E-state index contributed by atoms with van der Waals surface area (Å²) < 4.78 is 33.4. The largest absolute Gasteiger partial charge is 0.465 e. The van der Waals surface area contributed by atoms with E-state index in [1.165, 1.54) is 36.6 Å². The molecule has 1 aromatic carbocycles. The molecule has 0 bridgehead atoms. The van der Waals surface area contributed by atoms with E-state index < -0.39 is 16.0 Å². The number of carbonyl (C=O) groups excluding carboxylic acids is 1. The molecule has 0 saturated heterocycles. The van der Waals surface area contributed by atoms with Gasteiger partial charge in [0, 0.05) is 9.35 Å². The van der Waals surface area contributed by atoms with Crippen LogP contribution >= 0.6 is 27.3 Å². The quantitative estimate of drug-likeness (QED) is 0.702. The highest BCUT2D eigenvalue weighted by molar-refractivity contribution is 9.10. The molecule has 5 nitrogen and oxygen atoms in total. The van der Waals surface area contributed by atoms with Crippen molar-refractivity contribution in [3.63, 3.8) is 0 Å². The highest BCUT2D eigenvalue weighted by Gasteiger charge is 2.26. The molecule has 0 saturated carbocycles. The van der Waals surface area contributed by atoms with Crippen molar-refractivity contribution >= 4 is 43.3 Å². The molecular weight excluding hydrogens is 414 g/mol. The summed E-state index contributed by atoms with van der Waals surface area (Å²) in [6, 6.07) is 7.74. The maximum absolute atomic E-state index is 12.7. The molecule has 130 valence electrons. The third-order valence-electron chi connectivity index (χ3n) is 3.45. The van der Waals surface area contributed by atoms with Gasteiger partial charge in [0.1, 0.15) is 0 Å². The Morgan fingerprint density at radius 3 is 2.54 bits per heavy atom. The van der Waals surface area contributed by atoms with Gasteiger partial charge in [-0.15, -0.1) is 11.3 Å². The lowest BCUT2D eigenvalue weighted by atomic mass is 10.0. The van der Waals surface area contributed by atoms with Crippen LogP contribution in [-0.4, -0.2) is 21.5 Å². The van der Waals surface area contributed by atoms with Crippen molar-refractivity contribution in [3.8, 4) is 0 Å². The zero-order chi connectivity index (χ0) is 17.9. The average Bonchev–Trinajstić information content (AvgIpc) is 3.06. The second-order valence-electron chi connectivity index (χ2n) is 5.49. The number of esters is 1. The van der Waals surface area contributed by atoms with Gasteiger partial charge in [-0.25, -0.2) is 17.9 Å². The van der Waals surface area contributed by atoms with Gasteiger partial charge >= 0.3 is 5.97 Å². The van der Waals surface area contributed by atoms with Gasteiger partial charge in [-0.3, -0.25) is 0 Å². The van der Waals surface area contributed by atoms with Gasteiger partial charge in [0.15, 0.2) is 0 Å². The number of hydrogen-bond donors (Lipinski definition) is 1. The zero-order valence-electron chi connectivity index (χ0n) is 13.4. The normalized spacial score (nSPS) is 13.0. The van der Waals surface area contributed by atoms with Crippen molar-refractivity contribution in [1.82, 2.24) is 4.72 Å². The fourth-order valence-electron chi connectivity index (χ4n) is 2.16. The average molecular weight is 432 g/mol. The van der Waals surface area contributed by atoms with E-state index in [0.29, 0.717) is 4.47 Å². The lowest BCUT2D eigenvalue weighted by molar-refractivity contribution is 0.0599. The Kier molecular flexibility index (Phi) is 6.19. The minimum absolute atomic E-state index is 0.0216. The number of thiophene rings is 1. The van der Waals surface area contributed by atoms with Gasteiger partial charge in [0.2, 0.25) is 10.0 Å². The Morgan fingerprint density at radius 2 is 2.00 bits per heavy atom. The molecular formula is C16H18BrNO4S2. The van der Waals surface area contributed by atoms with Crippen molar-refractivity contribution in [3.05, 3.63) is 50.6 Å². The van der Waals surface area contributed by atoms with Crippen LogP contribution < -0.4 is 4.72 Å². The highest BCUT2D eigenvalue weighted by Crippen LogP contribution is 2.29. The topological polar surface area (TPSA) is 72.5 Å². The lowest BCUT2D eigenvalue weighted by Gasteiger charge is -2.21. The van der Waals surface area contributed by atoms with Gasteiger partial charge in [-0.1, -0.05) is 19.9 Å². The van der Waals surface area contributed by atoms with E-state index >= 15 is 0 Å². The maximum atomic E-state index is 12.7. The second-order valence-corrected chi connectivity index (χ2v) is 9.04. The number of methoxy groups -OCH3 is 1. The predicted molar refractivity (Wildman–Crippen MR) is 97.7 cm³/mol. The van der Waals surface area contributed by atoms with Crippen molar-refractivity contribution in [2.75, 3.05) is 7.11 Å². The van der Waals surface area contributed by atoms with Crippen molar-refractivity contribution in [2.45, 2.75) is 24.8 Å². The molecule has 0 fully saturated rings. The monoisotopic (exact) mass is 431 g/mol. The minimum Gasteiger partial charge on any atom is -0.465 e. The summed E-state index contributed by atoms with van der Waals surface area (Å²) in [6.07, 6.45) is 0. The Bertz CT molecular complexity index is 817. The van der Waals surface area contributed by atoms with E-state index in [9.17, 15) is 13.2 Å². The lowest BCUT2D eigenvalue weighted by Crippen LogP contribution is -2.31. The molecule has 1 atom stereocenters. The zero-order valence-corrected chi connectivity index (χ0v) is 16.7. The van der Waals surface area contributed by atoms with Gasteiger partial charge < -0.3 is 4.74 Å². The molecule has 24 heavy (non-hydrogen) atoms. The minimum atomic E-state index is -3.78. The molecule has 1 aromatic heterocycles. The summed E-state index contributed by atoms with van der Waals surface area (Å²) in [6.45, 7) is 3.91. The van der Waals surface area contributed by atoms with E-state index in [0.717, 1.165) is 4.88 Å². The predicted octanol–water partition coefficient (Wildman–Crippen LogP) is 3.97. The molecule has 0 radical (unpaired) electrons. The molecule has 0 aliphatic heterocycles. The number of sulfonamides is 1. The van der Waals surface area contributed by atoms with E-state index in [1.807, 2.05) is 31.4 Å². The molecule has 0 spiro atoms. The third-order valence-corrected chi connectivity index (χ3v) is 6.54. The van der Waals surface area contributed by atoms with E-state index in [-0.39, 0.29) is 22.4 Å². The number of halogens is 1. The first-order chi connectivity index (χ1) is 11.3. The first kappa shape index (κ1) is 19.1. The standard InChI is InChI=1S/C16H18BrNO4S2/c1-10(2)15(14-5-4-8-23-14)18-24(20,21)11-6-7-13(17)12(9-11)16(19)22-3/h4-10,15,18H,1-3H3. The van der Waals surface area contributed by atoms with E-state index in [2.05, 4.69) is 25.4 Å². The first-order valence-corrected chi connectivity index (χ1v) is 10.4. The summed E-state index contributed by atoms with van der Waals surface area (Å²) in [5.41, 5.74) is 0.164. The molecule has 8 heteroatoms. The number of ether oxygens (including phenoxy) is 1. The highest BCUT2D eigenvalue weighted by atomic mass is 79.9. The van der Waals surface area contributed by atoms with E-state index in [4.69, 9.17) is 0 Å². The second kappa shape index (κ2) is 7.77. The first-order valence-electron chi connectivity index (χ1n) is 7.20. The number of hydrogen-bond acceptors (Lipinski definition) is 5. The molecule has 1 N–H and O–H groups in total. The van der Waals surface area contributed by atoms with Crippen LogP contribution in [0.15, 0.2) is 45.1 Å². The van der Waals surface area contributed by atoms with Gasteiger partial charge in [-0.2, -0.15) is 0 Å². The smallest absolute Gasteiger partial charge is 0.339 e. The molecule has 1 unspecified atom stereocenters. The van der Waals surface area contributed by atoms with E-state index in [1.54, 1.807) is 0 Å². The van der Waals surface area contributed by atoms with Crippen LogP contribution in [0.4, 0.5) is 0 Å². The Morgan fingerprint density at radius 1 is 1.29 bits per heavy atom. The van der Waals surface area contributed by atoms with Crippen LogP contribution in [-0.2, 0) is 14.8 Å². The van der Waals surface area contributed by atoms with Crippen LogP contribution in [0.25, 0.3) is 0 Å².